The maximum atomic E-state index is 12.9. The van der Waals surface area contributed by atoms with Gasteiger partial charge in [0.25, 0.3) is 0 Å². The molecule has 0 aromatic heterocycles. The topological polar surface area (TPSA) is 61.8 Å². The second kappa shape index (κ2) is 7.74. The lowest BCUT2D eigenvalue weighted by Gasteiger charge is -2.40. The molecule has 172 valence electrons. The minimum Gasteiger partial charge on any atom is -0.462 e. The molecule has 0 aromatic rings. The summed E-state index contributed by atoms with van der Waals surface area (Å²) >= 11 is 0. The molecule has 0 N–H and O–H groups in total. The zero-order chi connectivity index (χ0) is 21.3. The Balaban J connectivity index is 1.01. The summed E-state index contributed by atoms with van der Waals surface area (Å²) in [7, 11) is 0. The molecule has 0 aromatic carbocycles. The number of hydrogen-bond acceptors (Lipinski definition) is 5. The number of carbonyl (C=O) groups is 2. The van der Waals surface area contributed by atoms with Crippen molar-refractivity contribution >= 4 is 11.9 Å². The zero-order valence-corrected chi connectivity index (χ0v) is 19.0. The third-order valence-electron chi connectivity index (χ3n) is 10.3. The van der Waals surface area contributed by atoms with E-state index in [9.17, 15) is 9.59 Å². The molecule has 5 nitrogen and oxygen atoms in total. The van der Waals surface area contributed by atoms with Crippen LogP contribution in [0.5, 0.6) is 0 Å². The van der Waals surface area contributed by atoms with Gasteiger partial charge in [-0.3, -0.25) is 9.59 Å². The Morgan fingerprint density at radius 1 is 0.871 bits per heavy atom. The van der Waals surface area contributed by atoms with Crippen molar-refractivity contribution in [2.24, 2.45) is 65.1 Å². The van der Waals surface area contributed by atoms with Crippen LogP contribution in [0.15, 0.2) is 0 Å². The highest BCUT2D eigenvalue weighted by Crippen LogP contribution is 2.69. The molecule has 6 fully saturated rings. The minimum absolute atomic E-state index is 0.0261. The monoisotopic (exact) mass is 430 g/mol. The summed E-state index contributed by atoms with van der Waals surface area (Å²) in [5.41, 5.74) is 0. The van der Waals surface area contributed by atoms with E-state index >= 15 is 0 Å². The molecule has 0 heterocycles. The van der Waals surface area contributed by atoms with Crippen LogP contribution in [-0.2, 0) is 23.8 Å². The molecule has 11 atom stereocenters. The first-order chi connectivity index (χ1) is 15.0. The van der Waals surface area contributed by atoms with Crippen LogP contribution in [0.3, 0.4) is 0 Å². The predicted octanol–water partition coefficient (Wildman–Crippen LogP) is 4.44. The van der Waals surface area contributed by atoms with Crippen molar-refractivity contribution in [2.45, 2.75) is 71.3 Å². The van der Waals surface area contributed by atoms with Crippen LogP contribution in [0, 0.1) is 65.1 Å². The average molecular weight is 431 g/mol. The standard InChI is InChI=1S/C26H38O5/c1-13(2)25(27)31-22-10-17-9-21(22)24-19-7-16(23(17)24)8-20(19)26(28)30-12-29-11-18-6-14-3-4-15(18)5-14/h13-24H,3-12H2,1-2H3. The molecule has 11 unspecified atom stereocenters. The maximum Gasteiger partial charge on any atom is 0.311 e. The Morgan fingerprint density at radius 3 is 2.42 bits per heavy atom. The number of hydrogen-bond donors (Lipinski definition) is 0. The van der Waals surface area contributed by atoms with Crippen molar-refractivity contribution in [2.75, 3.05) is 13.4 Å². The molecule has 0 amide bonds. The fourth-order valence-corrected chi connectivity index (χ4v) is 9.22. The van der Waals surface area contributed by atoms with Crippen molar-refractivity contribution in [1.29, 1.82) is 0 Å². The molecule has 6 aliphatic carbocycles. The van der Waals surface area contributed by atoms with E-state index in [1.807, 2.05) is 13.8 Å². The predicted molar refractivity (Wildman–Crippen MR) is 113 cm³/mol. The quantitative estimate of drug-likeness (QED) is 0.259. The summed E-state index contributed by atoms with van der Waals surface area (Å²) in [5.74, 6) is 5.83. The Bertz CT molecular complexity index is 733. The van der Waals surface area contributed by atoms with E-state index in [1.165, 1.54) is 38.5 Å². The van der Waals surface area contributed by atoms with Crippen LogP contribution in [-0.4, -0.2) is 31.4 Å². The van der Waals surface area contributed by atoms with E-state index < -0.39 is 0 Å². The van der Waals surface area contributed by atoms with E-state index in [-0.39, 0.29) is 36.7 Å². The highest BCUT2D eigenvalue weighted by Gasteiger charge is 2.66. The molecule has 6 rings (SSSR count). The van der Waals surface area contributed by atoms with Gasteiger partial charge in [0.2, 0.25) is 0 Å². The van der Waals surface area contributed by atoms with Gasteiger partial charge in [0.05, 0.1) is 18.4 Å². The van der Waals surface area contributed by atoms with Gasteiger partial charge in [-0.25, -0.2) is 0 Å². The first kappa shape index (κ1) is 20.5. The summed E-state index contributed by atoms with van der Waals surface area (Å²) in [5, 5.41) is 0. The summed E-state index contributed by atoms with van der Waals surface area (Å²) < 4.78 is 17.3. The van der Waals surface area contributed by atoms with Crippen molar-refractivity contribution in [3.63, 3.8) is 0 Å². The molecule has 0 radical (unpaired) electrons. The molecule has 0 saturated heterocycles. The fraction of sp³-hybridized carbons (Fsp3) is 0.923. The fourth-order valence-electron chi connectivity index (χ4n) is 9.22. The Kier molecular flexibility index (Phi) is 5.12. The first-order valence-corrected chi connectivity index (χ1v) is 12.9. The number of rotatable bonds is 7. The van der Waals surface area contributed by atoms with Crippen molar-refractivity contribution in [3.05, 3.63) is 0 Å². The number of fused-ring (bicyclic) bond motifs is 11. The van der Waals surface area contributed by atoms with Gasteiger partial charge in [0.15, 0.2) is 6.79 Å². The molecule has 6 bridgehead atoms. The normalized spacial score (nSPS) is 48.5. The molecule has 6 aliphatic rings. The first-order valence-electron chi connectivity index (χ1n) is 12.9. The van der Waals surface area contributed by atoms with E-state index in [0.717, 1.165) is 37.2 Å². The molecule has 6 saturated carbocycles. The number of esters is 2. The van der Waals surface area contributed by atoms with E-state index in [2.05, 4.69) is 0 Å². The van der Waals surface area contributed by atoms with E-state index in [0.29, 0.717) is 35.5 Å². The SMILES string of the molecule is CC(C)C(=O)OC1CC2CC1C1C3CC(CC3C(=O)OCOCC3CC4CCC3C4)C21. The Morgan fingerprint density at radius 2 is 1.68 bits per heavy atom. The number of carbonyl (C=O) groups excluding carboxylic acids is 2. The van der Waals surface area contributed by atoms with Gasteiger partial charge in [-0.1, -0.05) is 20.3 Å². The molecule has 31 heavy (non-hydrogen) atoms. The summed E-state index contributed by atoms with van der Waals surface area (Å²) in [6, 6.07) is 0. The van der Waals surface area contributed by atoms with Gasteiger partial charge in [-0.2, -0.15) is 0 Å². The third-order valence-corrected chi connectivity index (χ3v) is 10.3. The van der Waals surface area contributed by atoms with Gasteiger partial charge in [0.1, 0.15) is 6.10 Å². The van der Waals surface area contributed by atoms with E-state index in [1.54, 1.807) is 0 Å². The van der Waals surface area contributed by atoms with Crippen LogP contribution in [0.2, 0.25) is 0 Å². The average Bonchev–Trinajstić information content (AvgIpc) is 3.56. The number of ether oxygens (including phenoxy) is 3. The van der Waals surface area contributed by atoms with Crippen molar-refractivity contribution in [3.8, 4) is 0 Å². The maximum absolute atomic E-state index is 12.9. The molecule has 0 aliphatic heterocycles. The third kappa shape index (κ3) is 3.36. The molecular formula is C26H38O5. The molecular weight excluding hydrogens is 392 g/mol. The van der Waals surface area contributed by atoms with Crippen LogP contribution in [0.25, 0.3) is 0 Å². The zero-order valence-electron chi connectivity index (χ0n) is 19.0. The van der Waals surface area contributed by atoms with Crippen LogP contribution in [0.1, 0.15) is 65.2 Å². The van der Waals surface area contributed by atoms with Gasteiger partial charge in [-0.15, -0.1) is 0 Å². The second-order valence-electron chi connectivity index (χ2n) is 12.1. The summed E-state index contributed by atoms with van der Waals surface area (Å²) in [6.07, 6.45) is 9.92. The van der Waals surface area contributed by atoms with Gasteiger partial charge in [-0.05, 0) is 98.2 Å². The lowest BCUT2D eigenvalue weighted by molar-refractivity contribution is -0.168. The van der Waals surface area contributed by atoms with Crippen LogP contribution < -0.4 is 0 Å². The van der Waals surface area contributed by atoms with Gasteiger partial charge >= 0.3 is 11.9 Å². The Hall–Kier alpha value is -1.10. The highest BCUT2D eigenvalue weighted by atomic mass is 16.7. The lowest BCUT2D eigenvalue weighted by Crippen LogP contribution is -2.42. The van der Waals surface area contributed by atoms with E-state index in [4.69, 9.17) is 14.2 Å². The largest absolute Gasteiger partial charge is 0.462 e. The smallest absolute Gasteiger partial charge is 0.311 e. The van der Waals surface area contributed by atoms with Crippen molar-refractivity contribution in [1.82, 2.24) is 0 Å². The minimum atomic E-state index is -0.0721. The van der Waals surface area contributed by atoms with Crippen molar-refractivity contribution < 1.29 is 23.8 Å². The second-order valence-corrected chi connectivity index (χ2v) is 12.1. The molecule has 5 heteroatoms. The summed E-state index contributed by atoms with van der Waals surface area (Å²) in [4.78, 5) is 25.1. The van der Waals surface area contributed by atoms with Crippen LogP contribution in [0.4, 0.5) is 0 Å². The Labute approximate surface area is 185 Å². The summed E-state index contributed by atoms with van der Waals surface area (Å²) in [6.45, 7) is 4.68. The lowest BCUT2D eigenvalue weighted by atomic mass is 9.67. The van der Waals surface area contributed by atoms with Crippen LogP contribution >= 0.6 is 0 Å². The highest BCUT2D eigenvalue weighted by molar-refractivity contribution is 5.73. The van der Waals surface area contributed by atoms with Gasteiger partial charge in [0, 0.05) is 0 Å². The molecule has 0 spiro atoms. The van der Waals surface area contributed by atoms with Gasteiger partial charge < -0.3 is 14.2 Å².